The Balaban J connectivity index is 1.95. The van der Waals surface area contributed by atoms with Crippen molar-refractivity contribution < 1.29 is 14.6 Å². The molecule has 1 aromatic carbocycles. The Morgan fingerprint density at radius 2 is 2.23 bits per heavy atom. The molecule has 3 aliphatic rings. The van der Waals surface area contributed by atoms with E-state index in [1.807, 2.05) is 6.07 Å². The van der Waals surface area contributed by atoms with Gasteiger partial charge < -0.3 is 14.7 Å². The van der Waals surface area contributed by atoms with E-state index in [4.69, 9.17) is 4.74 Å². The van der Waals surface area contributed by atoms with Crippen LogP contribution in [0.25, 0.3) is 0 Å². The average Bonchev–Trinajstić information content (AvgIpc) is 2.50. The zero-order valence-corrected chi connectivity index (χ0v) is 13.3. The lowest BCUT2D eigenvalue weighted by molar-refractivity contribution is -0.126. The number of hydrogen-bond donors (Lipinski definition) is 1. The van der Waals surface area contributed by atoms with E-state index in [1.165, 1.54) is 5.56 Å². The second-order valence-electron chi connectivity index (χ2n) is 7.17. The molecular weight excluding hydrogens is 278 g/mol. The van der Waals surface area contributed by atoms with Crippen molar-refractivity contribution in [3.63, 3.8) is 0 Å². The Hall–Kier alpha value is -1.55. The fourth-order valence-electron chi connectivity index (χ4n) is 5.27. The lowest BCUT2D eigenvalue weighted by Gasteiger charge is -2.58. The predicted molar refractivity (Wildman–Crippen MR) is 83.4 cm³/mol. The van der Waals surface area contributed by atoms with Crippen molar-refractivity contribution in [2.45, 2.75) is 43.6 Å². The van der Waals surface area contributed by atoms with Crippen molar-refractivity contribution in [1.82, 2.24) is 4.90 Å². The third kappa shape index (κ3) is 1.70. The zero-order chi connectivity index (χ0) is 15.5. The highest BCUT2D eigenvalue weighted by Crippen LogP contribution is 2.58. The van der Waals surface area contributed by atoms with E-state index in [2.05, 4.69) is 18.0 Å². The Labute approximate surface area is 131 Å². The molecule has 3 atom stereocenters. The number of nitrogens with zero attached hydrogens (tertiary/aromatic N) is 1. The Morgan fingerprint density at radius 3 is 3.00 bits per heavy atom. The number of fused-ring (bicyclic) bond motifs is 1. The largest absolute Gasteiger partial charge is 0.504 e. The first-order valence-corrected chi connectivity index (χ1v) is 8.18. The van der Waals surface area contributed by atoms with Crippen LogP contribution in [0.1, 0.15) is 36.8 Å². The molecule has 1 heterocycles. The first kappa shape index (κ1) is 14.1. The molecule has 118 valence electrons. The molecule has 1 aliphatic heterocycles. The van der Waals surface area contributed by atoms with Crippen LogP contribution in [0.2, 0.25) is 0 Å². The number of ketones is 1. The fourth-order valence-corrected chi connectivity index (χ4v) is 5.27. The van der Waals surface area contributed by atoms with Gasteiger partial charge in [0.15, 0.2) is 11.5 Å². The summed E-state index contributed by atoms with van der Waals surface area (Å²) >= 11 is 0. The molecule has 4 nitrogen and oxygen atoms in total. The van der Waals surface area contributed by atoms with Gasteiger partial charge in [-0.15, -0.1) is 0 Å². The number of piperidine rings is 1. The van der Waals surface area contributed by atoms with Crippen LogP contribution in [0.4, 0.5) is 0 Å². The van der Waals surface area contributed by atoms with Gasteiger partial charge in [-0.3, -0.25) is 4.79 Å². The van der Waals surface area contributed by atoms with E-state index in [0.29, 0.717) is 36.3 Å². The van der Waals surface area contributed by atoms with Crippen LogP contribution in [0, 0.1) is 5.92 Å². The minimum absolute atomic E-state index is 0.182. The Bertz CT molecular complexity index is 641. The normalized spacial score (nSPS) is 34.0. The van der Waals surface area contributed by atoms with Crippen LogP contribution in [0.15, 0.2) is 12.1 Å². The van der Waals surface area contributed by atoms with Gasteiger partial charge in [0.05, 0.1) is 7.11 Å². The van der Waals surface area contributed by atoms with Gasteiger partial charge >= 0.3 is 0 Å². The van der Waals surface area contributed by atoms with Crippen LogP contribution in [-0.4, -0.2) is 42.5 Å². The van der Waals surface area contributed by atoms with Crippen molar-refractivity contribution in [3.05, 3.63) is 23.3 Å². The number of methoxy groups -OCH3 is 1. The molecule has 1 saturated carbocycles. The fraction of sp³-hybridized carbons (Fsp3) is 0.611. The highest BCUT2D eigenvalue weighted by Gasteiger charge is 2.56. The van der Waals surface area contributed by atoms with Crippen molar-refractivity contribution in [2.75, 3.05) is 20.7 Å². The van der Waals surface area contributed by atoms with Gasteiger partial charge in [-0.1, -0.05) is 6.07 Å². The highest BCUT2D eigenvalue weighted by molar-refractivity contribution is 5.82. The summed E-state index contributed by atoms with van der Waals surface area (Å²) < 4.78 is 5.33. The van der Waals surface area contributed by atoms with Gasteiger partial charge in [0.2, 0.25) is 0 Å². The number of phenolic OH excluding ortho intramolecular Hbond substituents is 1. The molecule has 1 N–H and O–H groups in total. The SMILES string of the molecule is COc1ccc2c(c1O)[C@@]13CCN(C)[C@@H](C2)C1CCC(=O)C3. The number of phenols is 1. The number of carbonyl (C=O) groups excluding carboxylic acids is 1. The average molecular weight is 301 g/mol. The van der Waals surface area contributed by atoms with Gasteiger partial charge in [0.25, 0.3) is 0 Å². The van der Waals surface area contributed by atoms with Gasteiger partial charge in [0.1, 0.15) is 5.78 Å². The maximum absolute atomic E-state index is 12.2. The minimum atomic E-state index is -0.182. The third-order valence-corrected chi connectivity index (χ3v) is 6.27. The molecule has 4 rings (SSSR count). The van der Waals surface area contributed by atoms with Crippen molar-refractivity contribution in [2.24, 2.45) is 5.92 Å². The molecule has 0 radical (unpaired) electrons. The summed E-state index contributed by atoms with van der Waals surface area (Å²) in [6, 6.07) is 4.42. The van der Waals surface area contributed by atoms with E-state index in [0.717, 1.165) is 31.4 Å². The van der Waals surface area contributed by atoms with Gasteiger partial charge in [-0.05, 0) is 50.4 Å². The standard InChI is InChI=1S/C18H23NO3/c1-19-8-7-18-10-12(20)4-5-13(18)14(19)9-11-3-6-15(22-2)17(21)16(11)18/h3,6,13-14,21H,4-5,7-10H2,1-2H3/t13?,14-,18+/m0/s1. The number of aromatic hydroxyl groups is 1. The maximum Gasteiger partial charge on any atom is 0.161 e. The van der Waals surface area contributed by atoms with Gasteiger partial charge in [-0.25, -0.2) is 0 Å². The molecule has 4 heteroatoms. The molecule has 2 fully saturated rings. The highest BCUT2D eigenvalue weighted by atomic mass is 16.5. The first-order valence-electron chi connectivity index (χ1n) is 8.18. The molecule has 22 heavy (non-hydrogen) atoms. The van der Waals surface area contributed by atoms with E-state index in [-0.39, 0.29) is 11.2 Å². The summed E-state index contributed by atoms with van der Waals surface area (Å²) in [7, 11) is 3.78. The summed E-state index contributed by atoms with van der Waals surface area (Å²) in [6.07, 6.45) is 4.13. The zero-order valence-electron chi connectivity index (χ0n) is 13.3. The molecule has 0 amide bonds. The Morgan fingerprint density at radius 1 is 1.41 bits per heavy atom. The Kier molecular flexibility index (Phi) is 3.02. The molecule has 0 aromatic heterocycles. The quantitative estimate of drug-likeness (QED) is 0.864. The monoisotopic (exact) mass is 301 g/mol. The lowest BCUT2D eigenvalue weighted by atomic mass is 9.52. The van der Waals surface area contributed by atoms with Crippen LogP contribution in [0.5, 0.6) is 11.5 Å². The topological polar surface area (TPSA) is 49.8 Å². The second kappa shape index (κ2) is 4.72. The number of hydrogen-bond acceptors (Lipinski definition) is 4. The number of rotatable bonds is 1. The van der Waals surface area contributed by atoms with Gasteiger partial charge in [-0.2, -0.15) is 0 Å². The van der Waals surface area contributed by atoms with Crippen LogP contribution in [-0.2, 0) is 16.6 Å². The van der Waals surface area contributed by atoms with Crippen molar-refractivity contribution in [3.8, 4) is 11.5 Å². The molecule has 2 bridgehead atoms. The smallest absolute Gasteiger partial charge is 0.161 e. The maximum atomic E-state index is 12.2. The molecule has 1 saturated heterocycles. The minimum Gasteiger partial charge on any atom is -0.504 e. The molecule has 2 aliphatic carbocycles. The number of likely N-dealkylation sites (tertiary alicyclic amines) is 1. The van der Waals surface area contributed by atoms with Crippen molar-refractivity contribution >= 4 is 5.78 Å². The van der Waals surface area contributed by atoms with E-state index in [1.54, 1.807) is 7.11 Å². The number of Topliss-reactive ketones (excluding diaryl/α,β-unsaturated/α-hetero) is 1. The molecular formula is C18H23NO3. The number of ether oxygens (including phenoxy) is 1. The summed E-state index contributed by atoms with van der Waals surface area (Å²) in [6.45, 7) is 0.991. The van der Waals surface area contributed by atoms with Crippen molar-refractivity contribution in [1.29, 1.82) is 0 Å². The molecule has 0 spiro atoms. The summed E-state index contributed by atoms with van der Waals surface area (Å²) in [5, 5.41) is 10.8. The van der Waals surface area contributed by atoms with Crippen LogP contribution < -0.4 is 4.74 Å². The first-order chi connectivity index (χ1) is 10.6. The number of likely N-dealkylation sites (N-methyl/N-ethyl adjacent to an activating group) is 1. The third-order valence-electron chi connectivity index (χ3n) is 6.27. The lowest BCUT2D eigenvalue weighted by Crippen LogP contribution is -2.60. The van der Waals surface area contributed by atoms with Gasteiger partial charge in [0, 0.05) is 29.9 Å². The van der Waals surface area contributed by atoms with Crippen LogP contribution in [0.3, 0.4) is 0 Å². The summed E-state index contributed by atoms with van der Waals surface area (Å²) in [5.74, 6) is 1.61. The second-order valence-corrected chi connectivity index (χ2v) is 7.17. The predicted octanol–water partition coefficient (Wildman–Crippen LogP) is 2.27. The number of carbonyl (C=O) groups is 1. The van der Waals surface area contributed by atoms with E-state index in [9.17, 15) is 9.90 Å². The van der Waals surface area contributed by atoms with Crippen LogP contribution >= 0.6 is 0 Å². The summed E-state index contributed by atoms with van der Waals surface area (Å²) in [5.41, 5.74) is 2.02. The molecule has 1 aromatic rings. The van der Waals surface area contributed by atoms with E-state index >= 15 is 0 Å². The summed E-state index contributed by atoms with van der Waals surface area (Å²) in [4.78, 5) is 14.7. The molecule has 1 unspecified atom stereocenters. The van der Waals surface area contributed by atoms with E-state index < -0.39 is 0 Å². The number of benzene rings is 1.